The first-order valence-corrected chi connectivity index (χ1v) is 23.9. The summed E-state index contributed by atoms with van der Waals surface area (Å²) >= 11 is 0. The topological polar surface area (TPSA) is 8.17 Å². The molecule has 2 heteroatoms. The van der Waals surface area contributed by atoms with Crippen molar-refractivity contribution < 1.29 is 0 Å². The fourth-order valence-corrected chi connectivity index (χ4v) is 11.9. The van der Waals surface area contributed by atoms with Gasteiger partial charge in [0.2, 0.25) is 0 Å². The molecule has 2 heterocycles. The smallest absolute Gasteiger partial charge is 0.0755 e. The Hall–Kier alpha value is -8.98. The number of hydrogen-bond acceptors (Lipinski definition) is 1. The van der Waals surface area contributed by atoms with E-state index in [2.05, 4.69) is 276 Å². The molecular formula is C67H44N2. The fraction of sp³-hybridized carbons (Fsp3) is 0.0149. The molecule has 0 radical (unpaired) electrons. The van der Waals surface area contributed by atoms with E-state index < -0.39 is 5.41 Å². The van der Waals surface area contributed by atoms with Crippen LogP contribution in [0.4, 0.5) is 17.1 Å². The van der Waals surface area contributed by atoms with Crippen LogP contribution in [0.5, 0.6) is 0 Å². The summed E-state index contributed by atoms with van der Waals surface area (Å²) in [4.78, 5) is 2.49. The summed E-state index contributed by atoms with van der Waals surface area (Å²) in [6.45, 7) is 0. The molecule has 0 saturated carbocycles. The molecule has 0 N–H and O–H groups in total. The fourth-order valence-electron chi connectivity index (χ4n) is 11.9. The minimum absolute atomic E-state index is 0.580. The Morgan fingerprint density at radius 3 is 1.55 bits per heavy atom. The Morgan fingerprint density at radius 2 is 0.797 bits per heavy atom. The Labute approximate surface area is 402 Å². The van der Waals surface area contributed by atoms with Crippen LogP contribution in [0, 0.1) is 0 Å². The summed E-state index contributed by atoms with van der Waals surface area (Å²) in [5, 5.41) is 2.55. The zero-order valence-electron chi connectivity index (χ0n) is 37.8. The summed E-state index contributed by atoms with van der Waals surface area (Å²) in [6.07, 6.45) is 0. The van der Waals surface area contributed by atoms with Crippen molar-refractivity contribution in [3.8, 4) is 61.3 Å². The van der Waals surface area contributed by atoms with Gasteiger partial charge in [0, 0.05) is 27.7 Å². The third-order valence-electron chi connectivity index (χ3n) is 14.8. The van der Waals surface area contributed by atoms with E-state index >= 15 is 0 Å². The molecule has 0 saturated heterocycles. The van der Waals surface area contributed by atoms with E-state index in [4.69, 9.17) is 0 Å². The number of aromatic nitrogens is 1. The lowest BCUT2D eigenvalue weighted by atomic mass is 9.65. The predicted octanol–water partition coefficient (Wildman–Crippen LogP) is 17.6. The van der Waals surface area contributed by atoms with E-state index in [1.165, 1.54) is 99.8 Å². The highest BCUT2D eigenvalue weighted by Crippen LogP contribution is 2.62. The quantitative estimate of drug-likeness (QED) is 0.155. The molecule has 322 valence electrons. The van der Waals surface area contributed by atoms with Crippen molar-refractivity contribution in [1.82, 2.24) is 4.57 Å². The highest BCUT2D eigenvalue weighted by molar-refractivity contribution is 6.13. The van der Waals surface area contributed by atoms with Crippen molar-refractivity contribution >= 4 is 38.9 Å². The number of hydrogen-bond donors (Lipinski definition) is 0. The van der Waals surface area contributed by atoms with Crippen molar-refractivity contribution in [1.29, 1.82) is 0 Å². The van der Waals surface area contributed by atoms with Gasteiger partial charge in [-0.1, -0.05) is 224 Å². The highest BCUT2D eigenvalue weighted by Gasteiger charge is 2.51. The molecule has 14 rings (SSSR count). The standard InChI is InChI=1S/C67H44N2/c1-3-18-45(19-4-1)46-34-36-47(37-35-46)48-38-40-50(41-39-48)68(63-31-14-10-25-56(63)53-23-8-7-22-52(53)49-20-5-2-6-21-49)51-42-43-55-54-24-9-12-28-59(54)67(62(55)44-51)60-29-13-16-33-65(60)69-64-32-15-11-26-57(64)58-27-17-30-61(67)66(58)69/h1-44H. The average molecular weight is 877 g/mol. The first kappa shape index (κ1) is 39.2. The molecule has 1 aliphatic carbocycles. The monoisotopic (exact) mass is 876 g/mol. The van der Waals surface area contributed by atoms with Crippen molar-refractivity contribution in [3.63, 3.8) is 0 Å². The minimum Gasteiger partial charge on any atom is -0.310 e. The van der Waals surface area contributed by atoms with Crippen molar-refractivity contribution in [2.45, 2.75) is 5.41 Å². The second kappa shape index (κ2) is 15.6. The minimum atomic E-state index is -0.580. The van der Waals surface area contributed by atoms with Gasteiger partial charge in [-0.15, -0.1) is 0 Å². The van der Waals surface area contributed by atoms with Gasteiger partial charge in [0.15, 0.2) is 0 Å². The number of para-hydroxylation sites is 4. The van der Waals surface area contributed by atoms with Gasteiger partial charge in [-0.25, -0.2) is 0 Å². The normalized spacial score (nSPS) is 14.1. The summed E-state index contributed by atoms with van der Waals surface area (Å²) in [6, 6.07) is 98.6. The Kier molecular flexibility index (Phi) is 8.84. The number of anilines is 3. The third kappa shape index (κ3) is 5.86. The van der Waals surface area contributed by atoms with Crippen LogP contribution in [-0.4, -0.2) is 4.57 Å². The van der Waals surface area contributed by atoms with Crippen molar-refractivity contribution in [2.75, 3.05) is 4.90 Å². The van der Waals surface area contributed by atoms with Crippen molar-refractivity contribution in [3.05, 3.63) is 289 Å². The van der Waals surface area contributed by atoms with Gasteiger partial charge in [0.25, 0.3) is 0 Å². The largest absolute Gasteiger partial charge is 0.310 e. The molecule has 0 bridgehead atoms. The zero-order valence-corrected chi connectivity index (χ0v) is 37.8. The summed E-state index contributed by atoms with van der Waals surface area (Å²) < 4.78 is 2.52. The molecule has 0 fully saturated rings. The molecular weight excluding hydrogens is 833 g/mol. The number of nitrogens with zero attached hydrogens (tertiary/aromatic N) is 2. The Morgan fingerprint density at radius 1 is 0.290 bits per heavy atom. The zero-order chi connectivity index (χ0) is 45.5. The van der Waals surface area contributed by atoms with Crippen LogP contribution in [0.1, 0.15) is 22.3 Å². The molecule has 2 nitrogen and oxygen atoms in total. The Bertz CT molecular complexity index is 3940. The van der Waals surface area contributed by atoms with E-state index in [1.807, 2.05) is 0 Å². The maximum absolute atomic E-state index is 2.52. The lowest BCUT2D eigenvalue weighted by Gasteiger charge is -2.40. The summed E-state index contributed by atoms with van der Waals surface area (Å²) in [5.41, 5.74) is 23.7. The second-order valence-electron chi connectivity index (χ2n) is 18.4. The van der Waals surface area contributed by atoms with E-state index in [0.29, 0.717) is 0 Å². The van der Waals surface area contributed by atoms with E-state index in [0.717, 1.165) is 22.6 Å². The van der Waals surface area contributed by atoms with E-state index in [1.54, 1.807) is 0 Å². The molecule has 2 aliphatic rings. The number of fused-ring (bicyclic) bond motifs is 12. The maximum atomic E-state index is 2.52. The maximum Gasteiger partial charge on any atom is 0.0755 e. The molecule has 0 amide bonds. The van der Waals surface area contributed by atoms with Gasteiger partial charge in [-0.05, 0) is 115 Å². The molecule has 69 heavy (non-hydrogen) atoms. The molecule has 11 aromatic carbocycles. The molecule has 1 atom stereocenters. The van der Waals surface area contributed by atoms with Gasteiger partial charge in [0.1, 0.15) is 0 Å². The lowest BCUT2D eigenvalue weighted by Crippen LogP contribution is -2.33. The third-order valence-corrected chi connectivity index (χ3v) is 14.8. The predicted molar refractivity (Wildman–Crippen MR) is 288 cm³/mol. The molecule has 1 aromatic heterocycles. The van der Waals surface area contributed by atoms with Crippen LogP contribution in [0.25, 0.3) is 83.1 Å². The second-order valence-corrected chi connectivity index (χ2v) is 18.4. The van der Waals surface area contributed by atoms with E-state index in [-0.39, 0.29) is 0 Å². The van der Waals surface area contributed by atoms with Crippen LogP contribution in [0.2, 0.25) is 0 Å². The summed E-state index contributed by atoms with van der Waals surface area (Å²) in [5.74, 6) is 0. The highest BCUT2D eigenvalue weighted by atomic mass is 15.1. The van der Waals surface area contributed by atoms with Gasteiger partial charge >= 0.3 is 0 Å². The summed E-state index contributed by atoms with van der Waals surface area (Å²) in [7, 11) is 0. The van der Waals surface area contributed by atoms with Crippen LogP contribution in [-0.2, 0) is 5.41 Å². The van der Waals surface area contributed by atoms with E-state index in [9.17, 15) is 0 Å². The van der Waals surface area contributed by atoms with Gasteiger partial charge < -0.3 is 9.47 Å². The molecule has 1 unspecified atom stereocenters. The molecule has 12 aromatic rings. The van der Waals surface area contributed by atoms with Crippen LogP contribution in [0.15, 0.2) is 267 Å². The van der Waals surface area contributed by atoms with Crippen LogP contribution in [0.3, 0.4) is 0 Å². The Balaban J connectivity index is 1.00. The number of benzene rings is 11. The van der Waals surface area contributed by atoms with Crippen molar-refractivity contribution in [2.24, 2.45) is 0 Å². The van der Waals surface area contributed by atoms with Gasteiger partial charge in [-0.3, -0.25) is 0 Å². The van der Waals surface area contributed by atoms with Crippen LogP contribution >= 0.6 is 0 Å². The number of rotatable bonds is 7. The first-order chi connectivity index (χ1) is 34.3. The first-order valence-electron chi connectivity index (χ1n) is 23.9. The lowest BCUT2D eigenvalue weighted by molar-refractivity contribution is 0.748. The SMILES string of the molecule is c1ccc(-c2ccc(-c3ccc(N(c4ccc5c(c4)C4(c6ccccc6-5)c5ccccc5-n5c6ccccc6c6cccc4c65)c4ccccc4-c4ccccc4-c4ccccc4)cc3)cc2)cc1. The molecule has 1 aliphatic heterocycles. The van der Waals surface area contributed by atoms with Gasteiger partial charge in [-0.2, -0.15) is 0 Å². The van der Waals surface area contributed by atoms with Gasteiger partial charge in [0.05, 0.1) is 27.8 Å². The average Bonchev–Trinajstić information content (AvgIpc) is 3.92. The molecule has 1 spiro atoms. The van der Waals surface area contributed by atoms with Crippen LogP contribution < -0.4 is 4.90 Å².